The van der Waals surface area contributed by atoms with Crippen LogP contribution in [-0.2, 0) is 21.3 Å². The van der Waals surface area contributed by atoms with Crippen molar-refractivity contribution in [3.63, 3.8) is 0 Å². The lowest BCUT2D eigenvalue weighted by Gasteiger charge is -2.11. The van der Waals surface area contributed by atoms with Crippen molar-refractivity contribution >= 4 is 10.0 Å². The van der Waals surface area contributed by atoms with Gasteiger partial charge in [-0.15, -0.1) is 0 Å². The average Bonchev–Trinajstić information content (AvgIpc) is 2.91. The number of nitrogens with two attached hydrogens (primary N) is 1. The van der Waals surface area contributed by atoms with Crippen LogP contribution in [0.5, 0.6) is 0 Å². The van der Waals surface area contributed by atoms with E-state index in [2.05, 4.69) is 9.71 Å². The van der Waals surface area contributed by atoms with Gasteiger partial charge in [-0.3, -0.25) is 4.98 Å². The first kappa shape index (κ1) is 14.4. The summed E-state index contributed by atoms with van der Waals surface area (Å²) < 4.78 is 32.2. The second kappa shape index (κ2) is 6.42. The minimum atomic E-state index is -3.53. The van der Waals surface area contributed by atoms with E-state index < -0.39 is 10.0 Å². The quantitative estimate of drug-likeness (QED) is 0.781. The molecule has 19 heavy (non-hydrogen) atoms. The Labute approximate surface area is 113 Å². The predicted octanol–water partition coefficient (Wildman–Crippen LogP) is 0.245. The summed E-state index contributed by atoms with van der Waals surface area (Å²) in [5.41, 5.74) is 5.89. The Morgan fingerprint density at radius 3 is 3.05 bits per heavy atom. The molecule has 0 aliphatic carbocycles. The highest BCUT2D eigenvalue weighted by molar-refractivity contribution is 7.89. The van der Waals surface area contributed by atoms with E-state index in [0.717, 1.165) is 26.1 Å². The van der Waals surface area contributed by atoms with Crippen LogP contribution in [0, 0.1) is 5.92 Å². The molecule has 0 bridgehead atoms. The number of hydrogen-bond acceptors (Lipinski definition) is 5. The minimum absolute atomic E-state index is 0.105. The van der Waals surface area contributed by atoms with Gasteiger partial charge in [-0.05, 0) is 30.9 Å². The van der Waals surface area contributed by atoms with E-state index in [1.165, 1.54) is 12.3 Å². The molecule has 106 valence electrons. The van der Waals surface area contributed by atoms with Crippen molar-refractivity contribution in [3.8, 4) is 0 Å². The van der Waals surface area contributed by atoms with E-state index >= 15 is 0 Å². The second-order valence-electron chi connectivity index (χ2n) is 4.57. The first-order valence-electron chi connectivity index (χ1n) is 6.35. The first-order valence-corrected chi connectivity index (χ1v) is 7.83. The largest absolute Gasteiger partial charge is 0.381 e. The maximum absolute atomic E-state index is 12.1. The molecule has 1 fully saturated rings. The molecule has 1 saturated heterocycles. The Hall–Kier alpha value is -1.02. The summed E-state index contributed by atoms with van der Waals surface area (Å²) in [5, 5.41) is 0. The van der Waals surface area contributed by atoms with Crippen LogP contribution in [0.3, 0.4) is 0 Å². The number of rotatable bonds is 6. The molecule has 7 heteroatoms. The Kier molecular flexibility index (Phi) is 4.87. The van der Waals surface area contributed by atoms with Gasteiger partial charge in [-0.1, -0.05) is 0 Å². The molecular weight excluding hydrogens is 266 g/mol. The van der Waals surface area contributed by atoms with Crippen LogP contribution in [0.15, 0.2) is 23.2 Å². The smallest absolute Gasteiger partial charge is 0.242 e. The zero-order chi connectivity index (χ0) is 13.7. The van der Waals surface area contributed by atoms with E-state index in [9.17, 15) is 8.42 Å². The van der Waals surface area contributed by atoms with Crippen molar-refractivity contribution in [1.82, 2.24) is 9.71 Å². The monoisotopic (exact) mass is 285 g/mol. The maximum atomic E-state index is 12.1. The molecule has 1 aliphatic rings. The molecule has 0 aromatic carbocycles. The lowest BCUT2D eigenvalue weighted by Crippen LogP contribution is -2.27. The lowest BCUT2D eigenvalue weighted by atomic mass is 10.1. The Morgan fingerprint density at radius 1 is 1.53 bits per heavy atom. The summed E-state index contributed by atoms with van der Waals surface area (Å²) in [6.45, 7) is 2.02. The van der Waals surface area contributed by atoms with Crippen LogP contribution in [-0.4, -0.2) is 33.2 Å². The summed E-state index contributed by atoms with van der Waals surface area (Å²) in [5.74, 6) is 0.450. The van der Waals surface area contributed by atoms with E-state index in [-0.39, 0.29) is 11.4 Å². The third-order valence-corrected chi connectivity index (χ3v) is 4.73. The summed E-state index contributed by atoms with van der Waals surface area (Å²) in [6, 6.07) is 3.12. The molecule has 0 amide bonds. The van der Waals surface area contributed by atoms with E-state index in [4.69, 9.17) is 10.5 Å². The lowest BCUT2D eigenvalue weighted by molar-refractivity contribution is 0.184. The van der Waals surface area contributed by atoms with Crippen molar-refractivity contribution in [1.29, 1.82) is 0 Å². The Balaban J connectivity index is 1.97. The second-order valence-corrected chi connectivity index (χ2v) is 6.30. The fourth-order valence-corrected chi connectivity index (χ4v) is 3.35. The number of pyridine rings is 1. The van der Waals surface area contributed by atoms with Gasteiger partial charge in [0.1, 0.15) is 4.90 Å². The molecule has 2 heterocycles. The van der Waals surface area contributed by atoms with Crippen LogP contribution >= 0.6 is 0 Å². The molecule has 1 atom stereocenters. The van der Waals surface area contributed by atoms with Gasteiger partial charge in [-0.25, -0.2) is 13.1 Å². The summed E-state index contributed by atoms with van der Waals surface area (Å²) in [4.78, 5) is 4.15. The molecule has 1 aliphatic heterocycles. The van der Waals surface area contributed by atoms with Crippen LogP contribution in [0.25, 0.3) is 0 Å². The number of nitrogens with one attached hydrogen (secondary N) is 1. The molecule has 0 spiro atoms. The normalized spacial score (nSPS) is 19.7. The van der Waals surface area contributed by atoms with Gasteiger partial charge in [0, 0.05) is 32.5 Å². The molecule has 3 N–H and O–H groups in total. The van der Waals surface area contributed by atoms with E-state index in [1.54, 1.807) is 6.07 Å². The number of ether oxygens (including phenoxy) is 1. The van der Waals surface area contributed by atoms with Crippen LogP contribution in [0.1, 0.15) is 18.5 Å². The third kappa shape index (κ3) is 3.73. The standard InChI is InChI=1S/C12H19N3O3S/c13-8-11-12(2-1-5-14-11)19(16,17)15-6-3-10-4-7-18-9-10/h1-2,5,10,15H,3-4,6-9,13H2. The van der Waals surface area contributed by atoms with Crippen molar-refractivity contribution in [2.45, 2.75) is 24.3 Å². The zero-order valence-electron chi connectivity index (χ0n) is 10.7. The highest BCUT2D eigenvalue weighted by atomic mass is 32.2. The highest BCUT2D eigenvalue weighted by Gasteiger charge is 2.20. The van der Waals surface area contributed by atoms with Crippen LogP contribution in [0.4, 0.5) is 0 Å². The van der Waals surface area contributed by atoms with E-state index in [1.807, 2.05) is 0 Å². The number of aromatic nitrogens is 1. The zero-order valence-corrected chi connectivity index (χ0v) is 11.5. The van der Waals surface area contributed by atoms with Gasteiger partial charge in [0.2, 0.25) is 10.0 Å². The maximum Gasteiger partial charge on any atom is 0.242 e. The number of hydrogen-bond donors (Lipinski definition) is 2. The molecule has 1 unspecified atom stereocenters. The van der Waals surface area contributed by atoms with Crippen molar-refractivity contribution in [2.24, 2.45) is 11.7 Å². The molecule has 6 nitrogen and oxygen atoms in total. The van der Waals surface area contributed by atoms with E-state index in [0.29, 0.717) is 18.2 Å². The summed E-state index contributed by atoms with van der Waals surface area (Å²) in [6.07, 6.45) is 3.33. The molecule has 0 radical (unpaired) electrons. The van der Waals surface area contributed by atoms with Gasteiger partial charge >= 0.3 is 0 Å². The molecule has 1 aromatic rings. The summed E-state index contributed by atoms with van der Waals surface area (Å²) >= 11 is 0. The SMILES string of the molecule is NCc1ncccc1S(=O)(=O)NCCC1CCOC1. The van der Waals surface area contributed by atoms with Gasteiger partial charge < -0.3 is 10.5 Å². The minimum Gasteiger partial charge on any atom is -0.381 e. The van der Waals surface area contributed by atoms with Gasteiger partial charge in [0.15, 0.2) is 0 Å². The van der Waals surface area contributed by atoms with Crippen molar-refractivity contribution < 1.29 is 13.2 Å². The number of sulfonamides is 1. The Bertz CT molecular complexity index is 513. The molecular formula is C12H19N3O3S. The fraction of sp³-hybridized carbons (Fsp3) is 0.583. The predicted molar refractivity (Wildman–Crippen MR) is 70.9 cm³/mol. The highest BCUT2D eigenvalue weighted by Crippen LogP contribution is 2.16. The molecule has 1 aromatic heterocycles. The Morgan fingerprint density at radius 2 is 2.37 bits per heavy atom. The number of nitrogens with zero attached hydrogens (tertiary/aromatic N) is 1. The first-order chi connectivity index (χ1) is 9.13. The average molecular weight is 285 g/mol. The van der Waals surface area contributed by atoms with Gasteiger partial charge in [0.05, 0.1) is 5.69 Å². The van der Waals surface area contributed by atoms with Gasteiger partial charge in [0.25, 0.3) is 0 Å². The summed E-state index contributed by atoms with van der Waals surface area (Å²) in [7, 11) is -3.53. The topological polar surface area (TPSA) is 94.3 Å². The fourth-order valence-electron chi connectivity index (χ4n) is 2.11. The van der Waals surface area contributed by atoms with Crippen molar-refractivity contribution in [3.05, 3.63) is 24.0 Å². The third-order valence-electron chi connectivity index (χ3n) is 3.20. The van der Waals surface area contributed by atoms with Crippen molar-refractivity contribution in [2.75, 3.05) is 19.8 Å². The molecule has 2 rings (SSSR count). The van der Waals surface area contributed by atoms with Gasteiger partial charge in [-0.2, -0.15) is 0 Å². The molecule has 0 saturated carbocycles. The van der Waals surface area contributed by atoms with Crippen LogP contribution in [0.2, 0.25) is 0 Å². The van der Waals surface area contributed by atoms with Crippen LogP contribution < -0.4 is 10.5 Å².